The third-order valence-corrected chi connectivity index (χ3v) is 3.55. The number of thiophene rings is 1. The first-order valence-electron chi connectivity index (χ1n) is 5.24. The normalized spacial score (nSPS) is 10.4. The van der Waals surface area contributed by atoms with E-state index in [1.54, 1.807) is 6.07 Å². The third-order valence-electron chi connectivity index (χ3n) is 2.32. The van der Waals surface area contributed by atoms with Crippen molar-refractivity contribution in [3.05, 3.63) is 37.2 Å². The molecule has 0 saturated carbocycles. The summed E-state index contributed by atoms with van der Waals surface area (Å²) in [6.07, 6.45) is 0. The molecule has 0 spiro atoms. The summed E-state index contributed by atoms with van der Waals surface area (Å²) in [5.74, 6) is 0.106. The molecule has 2 aromatic rings. The second kappa shape index (κ2) is 5.37. The van der Waals surface area contributed by atoms with E-state index in [0.717, 1.165) is 4.88 Å². The highest BCUT2D eigenvalue weighted by molar-refractivity contribution is 7.16. The lowest BCUT2D eigenvalue weighted by Crippen LogP contribution is -2.09. The van der Waals surface area contributed by atoms with Gasteiger partial charge in [0.1, 0.15) is 5.69 Å². The Kier molecular flexibility index (Phi) is 3.82. The smallest absolute Gasteiger partial charge is 0.332 e. The number of rotatable bonds is 4. The summed E-state index contributed by atoms with van der Waals surface area (Å²) in [4.78, 5) is 19.0. The second-order valence-corrected chi connectivity index (χ2v) is 5.48. The van der Waals surface area contributed by atoms with Crippen LogP contribution in [0.3, 0.4) is 0 Å². The molecule has 0 amide bonds. The summed E-state index contributed by atoms with van der Waals surface area (Å²) in [7, 11) is 0. The van der Waals surface area contributed by atoms with E-state index in [-0.39, 0.29) is 23.1 Å². The van der Waals surface area contributed by atoms with Gasteiger partial charge >= 0.3 is 5.69 Å². The van der Waals surface area contributed by atoms with Crippen molar-refractivity contribution < 1.29 is 4.92 Å². The van der Waals surface area contributed by atoms with Gasteiger partial charge in [-0.15, -0.1) is 11.3 Å². The SMILES string of the molecule is Cc1nc(N)nc(NCc2ccc(Cl)s2)c1[N+](=O)[O-]. The highest BCUT2D eigenvalue weighted by Crippen LogP contribution is 2.27. The lowest BCUT2D eigenvalue weighted by molar-refractivity contribution is -0.385. The molecule has 0 aliphatic rings. The van der Waals surface area contributed by atoms with Crippen LogP contribution in [0.2, 0.25) is 4.34 Å². The molecule has 0 unspecified atom stereocenters. The van der Waals surface area contributed by atoms with Crippen LogP contribution in [0.4, 0.5) is 17.5 Å². The molecule has 0 saturated heterocycles. The number of nitro groups is 1. The molecule has 3 N–H and O–H groups in total. The summed E-state index contributed by atoms with van der Waals surface area (Å²) in [5, 5.41) is 13.9. The summed E-state index contributed by atoms with van der Waals surface area (Å²) < 4.78 is 0.657. The van der Waals surface area contributed by atoms with E-state index in [1.807, 2.05) is 6.07 Å². The molecule has 9 heteroatoms. The van der Waals surface area contributed by atoms with Crippen molar-refractivity contribution in [3.63, 3.8) is 0 Å². The molecule has 0 aliphatic carbocycles. The lowest BCUT2D eigenvalue weighted by atomic mass is 10.3. The zero-order valence-corrected chi connectivity index (χ0v) is 11.5. The number of nitrogens with one attached hydrogen (secondary N) is 1. The summed E-state index contributed by atoms with van der Waals surface area (Å²) in [6.45, 7) is 1.90. The molecule has 0 atom stereocenters. The van der Waals surface area contributed by atoms with Crippen LogP contribution >= 0.6 is 22.9 Å². The maximum absolute atomic E-state index is 11.0. The van der Waals surface area contributed by atoms with Crippen LogP contribution in [0.1, 0.15) is 10.6 Å². The van der Waals surface area contributed by atoms with Gasteiger partial charge in [0.2, 0.25) is 11.8 Å². The van der Waals surface area contributed by atoms with Crippen LogP contribution in [0, 0.1) is 17.0 Å². The van der Waals surface area contributed by atoms with Crippen molar-refractivity contribution in [1.82, 2.24) is 9.97 Å². The van der Waals surface area contributed by atoms with Crippen molar-refractivity contribution in [2.24, 2.45) is 0 Å². The number of halogens is 1. The number of anilines is 2. The molecule has 2 rings (SSSR count). The van der Waals surface area contributed by atoms with Gasteiger partial charge in [-0.25, -0.2) is 4.98 Å². The van der Waals surface area contributed by atoms with Gasteiger partial charge in [0.05, 0.1) is 15.8 Å². The predicted molar refractivity (Wildman–Crippen MR) is 74.5 cm³/mol. The monoisotopic (exact) mass is 299 g/mol. The Morgan fingerprint density at radius 2 is 2.26 bits per heavy atom. The number of aromatic nitrogens is 2. The zero-order valence-electron chi connectivity index (χ0n) is 9.88. The fraction of sp³-hybridized carbons (Fsp3) is 0.200. The van der Waals surface area contributed by atoms with Crippen LogP contribution < -0.4 is 11.1 Å². The quantitative estimate of drug-likeness (QED) is 0.663. The Bertz CT molecular complexity index is 630. The summed E-state index contributed by atoms with van der Waals surface area (Å²) in [5.41, 5.74) is 5.55. The molecule has 0 radical (unpaired) electrons. The predicted octanol–water partition coefficient (Wildman–Crippen LogP) is 2.60. The topological polar surface area (TPSA) is 107 Å². The van der Waals surface area contributed by atoms with Gasteiger partial charge in [-0.1, -0.05) is 11.6 Å². The van der Waals surface area contributed by atoms with Gasteiger partial charge in [-0.05, 0) is 19.1 Å². The molecular formula is C10H10ClN5O2S. The molecule has 100 valence electrons. The highest BCUT2D eigenvalue weighted by atomic mass is 35.5. The average molecular weight is 300 g/mol. The minimum Gasteiger partial charge on any atom is -0.368 e. The molecule has 0 aliphatic heterocycles. The Morgan fingerprint density at radius 1 is 1.53 bits per heavy atom. The van der Waals surface area contributed by atoms with E-state index < -0.39 is 4.92 Å². The van der Waals surface area contributed by atoms with Crippen LogP contribution in [0.25, 0.3) is 0 Å². The first-order chi connectivity index (χ1) is 8.97. The van der Waals surface area contributed by atoms with E-state index >= 15 is 0 Å². The van der Waals surface area contributed by atoms with Gasteiger partial charge in [0.25, 0.3) is 0 Å². The van der Waals surface area contributed by atoms with Crippen molar-refractivity contribution in [2.75, 3.05) is 11.1 Å². The Hall–Kier alpha value is -1.93. The molecule has 2 heterocycles. The van der Waals surface area contributed by atoms with Crippen LogP contribution in [0.5, 0.6) is 0 Å². The number of hydrogen-bond donors (Lipinski definition) is 2. The van der Waals surface area contributed by atoms with Crippen LogP contribution in [0.15, 0.2) is 12.1 Å². The van der Waals surface area contributed by atoms with E-state index in [2.05, 4.69) is 15.3 Å². The fourth-order valence-electron chi connectivity index (χ4n) is 1.55. The molecule has 0 bridgehead atoms. The Balaban J connectivity index is 2.26. The first-order valence-corrected chi connectivity index (χ1v) is 6.43. The zero-order chi connectivity index (χ0) is 14.0. The van der Waals surface area contributed by atoms with E-state index in [0.29, 0.717) is 10.9 Å². The van der Waals surface area contributed by atoms with Gasteiger partial charge in [0, 0.05) is 4.88 Å². The largest absolute Gasteiger partial charge is 0.368 e. The minimum absolute atomic E-state index is 0.00480. The van der Waals surface area contributed by atoms with Crippen LogP contribution in [-0.2, 0) is 6.54 Å². The number of nitrogen functional groups attached to an aromatic ring is 1. The molecule has 2 aromatic heterocycles. The Labute approximate surface area is 117 Å². The molecular weight excluding hydrogens is 290 g/mol. The highest BCUT2D eigenvalue weighted by Gasteiger charge is 2.21. The van der Waals surface area contributed by atoms with Gasteiger partial charge in [-0.3, -0.25) is 10.1 Å². The van der Waals surface area contributed by atoms with Crippen molar-refractivity contribution in [3.8, 4) is 0 Å². The summed E-state index contributed by atoms with van der Waals surface area (Å²) in [6, 6.07) is 3.60. The standard InChI is InChI=1S/C10H10ClN5O2S/c1-5-8(16(17)18)9(15-10(12)14-5)13-4-6-2-3-7(11)19-6/h2-3H,4H2,1H3,(H3,12,13,14,15). The molecule has 19 heavy (non-hydrogen) atoms. The van der Waals surface area contributed by atoms with E-state index in [4.69, 9.17) is 17.3 Å². The van der Waals surface area contributed by atoms with Gasteiger partial charge in [0.15, 0.2) is 0 Å². The van der Waals surface area contributed by atoms with Gasteiger partial charge < -0.3 is 11.1 Å². The van der Waals surface area contributed by atoms with E-state index in [1.165, 1.54) is 18.3 Å². The van der Waals surface area contributed by atoms with Crippen LogP contribution in [-0.4, -0.2) is 14.9 Å². The number of nitrogens with zero attached hydrogens (tertiary/aromatic N) is 3. The van der Waals surface area contributed by atoms with Crippen molar-refractivity contribution >= 4 is 40.4 Å². The average Bonchev–Trinajstić information content (AvgIpc) is 2.71. The number of aryl methyl sites for hydroxylation is 1. The van der Waals surface area contributed by atoms with E-state index in [9.17, 15) is 10.1 Å². The fourth-order valence-corrected chi connectivity index (χ4v) is 2.58. The van der Waals surface area contributed by atoms with Gasteiger partial charge in [-0.2, -0.15) is 4.98 Å². The summed E-state index contributed by atoms with van der Waals surface area (Å²) >= 11 is 7.20. The maximum Gasteiger partial charge on any atom is 0.332 e. The number of nitrogens with two attached hydrogens (primary N) is 1. The first kappa shape index (κ1) is 13.5. The Morgan fingerprint density at radius 3 is 2.84 bits per heavy atom. The minimum atomic E-state index is -0.529. The lowest BCUT2D eigenvalue weighted by Gasteiger charge is -2.07. The second-order valence-electron chi connectivity index (χ2n) is 3.68. The molecule has 7 nitrogen and oxygen atoms in total. The maximum atomic E-state index is 11.0. The molecule has 0 fully saturated rings. The van der Waals surface area contributed by atoms with Crippen molar-refractivity contribution in [1.29, 1.82) is 0 Å². The van der Waals surface area contributed by atoms with Crippen molar-refractivity contribution in [2.45, 2.75) is 13.5 Å². The third kappa shape index (κ3) is 3.09. The molecule has 0 aromatic carbocycles. The number of hydrogen-bond acceptors (Lipinski definition) is 7.